The van der Waals surface area contributed by atoms with Gasteiger partial charge in [-0.25, -0.2) is 0 Å². The van der Waals surface area contributed by atoms with Crippen molar-refractivity contribution in [3.63, 3.8) is 0 Å². The Labute approximate surface area is 102 Å². The van der Waals surface area contributed by atoms with E-state index in [4.69, 9.17) is 10.2 Å². The van der Waals surface area contributed by atoms with Crippen LogP contribution in [0.3, 0.4) is 0 Å². The van der Waals surface area contributed by atoms with Gasteiger partial charge in [0.1, 0.15) is 0 Å². The van der Waals surface area contributed by atoms with Crippen molar-refractivity contribution < 1.29 is 10.2 Å². The summed E-state index contributed by atoms with van der Waals surface area (Å²) in [6, 6.07) is 19.5. The molecule has 0 spiro atoms. The predicted octanol–water partition coefficient (Wildman–Crippen LogP) is 2.40. The molecule has 0 bridgehead atoms. The van der Waals surface area contributed by atoms with Crippen molar-refractivity contribution in [2.75, 3.05) is 6.61 Å². The lowest BCUT2D eigenvalue weighted by Crippen LogP contribution is -1.88. The lowest BCUT2D eigenvalue weighted by Gasteiger charge is -1.93. The molecule has 2 nitrogen and oxygen atoms in total. The van der Waals surface area contributed by atoms with Gasteiger partial charge in [-0.2, -0.15) is 0 Å². The van der Waals surface area contributed by atoms with Crippen LogP contribution in [0.25, 0.3) is 0 Å². The SMILES string of the molecule is OCCc1ccccc1.OCc1ccccc1. The van der Waals surface area contributed by atoms with Gasteiger partial charge in [-0.1, -0.05) is 60.7 Å². The molecule has 0 aliphatic rings. The van der Waals surface area contributed by atoms with E-state index in [0.29, 0.717) is 0 Å². The molecule has 0 aromatic heterocycles. The normalized spacial score (nSPS) is 9.29. The molecule has 17 heavy (non-hydrogen) atoms. The van der Waals surface area contributed by atoms with Crippen LogP contribution < -0.4 is 0 Å². The van der Waals surface area contributed by atoms with Gasteiger partial charge in [-0.3, -0.25) is 0 Å². The summed E-state index contributed by atoms with van der Waals surface area (Å²) < 4.78 is 0. The number of aliphatic hydroxyl groups excluding tert-OH is 2. The van der Waals surface area contributed by atoms with Crippen LogP contribution in [-0.2, 0) is 13.0 Å². The fourth-order valence-corrected chi connectivity index (χ4v) is 1.36. The molecular weight excluding hydrogens is 212 g/mol. The van der Waals surface area contributed by atoms with Gasteiger partial charge in [-0.05, 0) is 17.5 Å². The molecule has 0 saturated heterocycles. The van der Waals surface area contributed by atoms with Crippen molar-refractivity contribution in [1.29, 1.82) is 0 Å². The Hall–Kier alpha value is -1.64. The average Bonchev–Trinajstić information content (AvgIpc) is 2.42. The number of hydrogen-bond acceptors (Lipinski definition) is 2. The molecule has 0 aliphatic heterocycles. The summed E-state index contributed by atoms with van der Waals surface area (Å²) >= 11 is 0. The molecule has 0 aliphatic carbocycles. The minimum absolute atomic E-state index is 0.140. The topological polar surface area (TPSA) is 40.5 Å². The highest BCUT2D eigenvalue weighted by molar-refractivity contribution is 5.14. The molecule has 2 rings (SSSR count). The maximum absolute atomic E-state index is 8.54. The van der Waals surface area contributed by atoms with Crippen LogP contribution in [0, 0.1) is 0 Å². The van der Waals surface area contributed by atoms with Crippen LogP contribution >= 0.6 is 0 Å². The molecule has 2 N–H and O–H groups in total. The van der Waals surface area contributed by atoms with E-state index in [0.717, 1.165) is 12.0 Å². The second-order valence-electron chi connectivity index (χ2n) is 3.60. The first-order chi connectivity index (χ1) is 8.36. The summed E-state index contributed by atoms with van der Waals surface area (Å²) in [5.74, 6) is 0. The summed E-state index contributed by atoms with van der Waals surface area (Å²) in [6.07, 6.45) is 0.765. The third kappa shape index (κ3) is 5.85. The van der Waals surface area contributed by atoms with Gasteiger partial charge in [0.25, 0.3) is 0 Å². The van der Waals surface area contributed by atoms with Gasteiger partial charge in [0.2, 0.25) is 0 Å². The first kappa shape index (κ1) is 13.4. The second-order valence-corrected chi connectivity index (χ2v) is 3.60. The third-order valence-corrected chi connectivity index (χ3v) is 2.27. The van der Waals surface area contributed by atoms with Crippen molar-refractivity contribution in [3.05, 3.63) is 71.8 Å². The zero-order chi connectivity index (χ0) is 12.3. The molecule has 0 atom stereocenters. The van der Waals surface area contributed by atoms with E-state index in [2.05, 4.69) is 0 Å². The molecule has 2 aromatic carbocycles. The molecule has 0 saturated carbocycles. The maximum atomic E-state index is 8.54. The second kappa shape index (κ2) is 8.50. The highest BCUT2D eigenvalue weighted by atomic mass is 16.3. The molecule has 0 unspecified atom stereocenters. The summed E-state index contributed by atoms with van der Waals surface area (Å²) in [7, 11) is 0. The average molecular weight is 230 g/mol. The molecule has 0 heterocycles. The summed E-state index contributed by atoms with van der Waals surface area (Å²) in [4.78, 5) is 0. The van der Waals surface area contributed by atoms with Crippen LogP contribution in [0.2, 0.25) is 0 Å². The van der Waals surface area contributed by atoms with Gasteiger partial charge in [0, 0.05) is 6.61 Å². The standard InChI is InChI=1S/C8H10O.C7H8O/c9-7-6-8-4-2-1-3-5-8;8-6-7-4-2-1-3-5-7/h1-5,9H,6-7H2;1-5,8H,6H2. The van der Waals surface area contributed by atoms with Gasteiger partial charge < -0.3 is 10.2 Å². The van der Waals surface area contributed by atoms with Crippen LogP contribution in [0.5, 0.6) is 0 Å². The molecule has 90 valence electrons. The van der Waals surface area contributed by atoms with Gasteiger partial charge in [0.05, 0.1) is 6.61 Å². The lowest BCUT2D eigenvalue weighted by atomic mass is 10.2. The Bertz CT molecular complexity index is 384. The van der Waals surface area contributed by atoms with Gasteiger partial charge in [0.15, 0.2) is 0 Å². The summed E-state index contributed by atoms with van der Waals surface area (Å²) in [6.45, 7) is 0.380. The Morgan fingerprint density at radius 3 is 1.47 bits per heavy atom. The largest absolute Gasteiger partial charge is 0.396 e. The quantitative estimate of drug-likeness (QED) is 0.850. The molecular formula is C15H18O2. The molecule has 0 radical (unpaired) electrons. The molecule has 0 amide bonds. The lowest BCUT2D eigenvalue weighted by molar-refractivity contribution is 0.282. The maximum Gasteiger partial charge on any atom is 0.0681 e. The number of benzene rings is 2. The monoisotopic (exact) mass is 230 g/mol. The van der Waals surface area contributed by atoms with Crippen LogP contribution in [-0.4, -0.2) is 16.8 Å². The highest BCUT2D eigenvalue weighted by Gasteiger charge is 1.85. The zero-order valence-corrected chi connectivity index (χ0v) is 9.79. The first-order valence-corrected chi connectivity index (χ1v) is 5.66. The Morgan fingerprint density at radius 2 is 1.12 bits per heavy atom. The van der Waals surface area contributed by atoms with E-state index in [1.807, 2.05) is 60.7 Å². The van der Waals surface area contributed by atoms with Crippen molar-refractivity contribution in [2.24, 2.45) is 0 Å². The van der Waals surface area contributed by atoms with Crippen molar-refractivity contribution >= 4 is 0 Å². The zero-order valence-electron chi connectivity index (χ0n) is 9.79. The van der Waals surface area contributed by atoms with Crippen molar-refractivity contribution in [3.8, 4) is 0 Å². The minimum atomic E-state index is 0.140. The van der Waals surface area contributed by atoms with Crippen molar-refractivity contribution in [2.45, 2.75) is 13.0 Å². The summed E-state index contributed by atoms with van der Waals surface area (Å²) in [5.41, 5.74) is 2.16. The Kier molecular flexibility index (Phi) is 6.72. The van der Waals surface area contributed by atoms with E-state index < -0.39 is 0 Å². The number of aliphatic hydroxyl groups is 2. The van der Waals surface area contributed by atoms with E-state index in [1.165, 1.54) is 5.56 Å². The van der Waals surface area contributed by atoms with Gasteiger partial charge in [-0.15, -0.1) is 0 Å². The highest BCUT2D eigenvalue weighted by Crippen LogP contribution is 1.97. The molecule has 0 fully saturated rings. The molecule has 2 heteroatoms. The van der Waals surface area contributed by atoms with Crippen LogP contribution in [0.4, 0.5) is 0 Å². The summed E-state index contributed by atoms with van der Waals surface area (Å²) in [5, 5.41) is 17.1. The molecule has 2 aromatic rings. The number of rotatable bonds is 3. The van der Waals surface area contributed by atoms with Crippen LogP contribution in [0.1, 0.15) is 11.1 Å². The fraction of sp³-hybridized carbons (Fsp3) is 0.200. The van der Waals surface area contributed by atoms with E-state index in [1.54, 1.807) is 0 Å². The Morgan fingerprint density at radius 1 is 0.647 bits per heavy atom. The third-order valence-electron chi connectivity index (χ3n) is 2.27. The minimum Gasteiger partial charge on any atom is -0.396 e. The van der Waals surface area contributed by atoms with Gasteiger partial charge >= 0.3 is 0 Å². The smallest absolute Gasteiger partial charge is 0.0681 e. The first-order valence-electron chi connectivity index (χ1n) is 5.66. The van der Waals surface area contributed by atoms with E-state index >= 15 is 0 Å². The Balaban J connectivity index is 0.000000171. The van der Waals surface area contributed by atoms with E-state index in [-0.39, 0.29) is 13.2 Å². The predicted molar refractivity (Wildman–Crippen MR) is 69.6 cm³/mol. The van der Waals surface area contributed by atoms with Crippen LogP contribution in [0.15, 0.2) is 60.7 Å². The van der Waals surface area contributed by atoms with Crippen molar-refractivity contribution in [1.82, 2.24) is 0 Å². The van der Waals surface area contributed by atoms with E-state index in [9.17, 15) is 0 Å². The fourth-order valence-electron chi connectivity index (χ4n) is 1.36. The number of hydrogen-bond donors (Lipinski definition) is 2.